The van der Waals surface area contributed by atoms with E-state index in [1.54, 1.807) is 7.11 Å². The van der Waals surface area contributed by atoms with Gasteiger partial charge in [0, 0.05) is 31.1 Å². The van der Waals surface area contributed by atoms with Gasteiger partial charge >= 0.3 is 0 Å². The summed E-state index contributed by atoms with van der Waals surface area (Å²) in [7, 11) is 1.65. The Balaban J connectivity index is 1.24. The number of imidazole rings is 1. The highest BCUT2D eigenvalue weighted by Crippen LogP contribution is 2.34. The number of unbranched alkanes of at least 4 members (excludes halogenated alkanes) is 1. The summed E-state index contributed by atoms with van der Waals surface area (Å²) in [6, 6.07) is 24.4. The number of hydrogen-bond acceptors (Lipinski definition) is 4. The molecule has 1 aliphatic heterocycles. The maximum Gasteiger partial charge on any atom is 0.227 e. The second kappa shape index (κ2) is 10.9. The number of amides is 1. The van der Waals surface area contributed by atoms with E-state index in [4.69, 9.17) is 14.5 Å². The standard InChI is InChI=1S/C32H37N3O3/c1-32(2,3)24-11-15-27(16-12-24)38-20-8-7-19-34-29-10-6-5-9-28(29)33-31(34)23-21-30(36)35(22-23)25-13-17-26(37-4)18-14-25/h5-6,9-18,23H,7-8,19-22H2,1-4H3. The molecule has 1 saturated heterocycles. The number of nitrogens with zero attached hydrogens (tertiary/aromatic N) is 3. The first-order valence-corrected chi connectivity index (χ1v) is 13.5. The lowest BCUT2D eigenvalue weighted by Gasteiger charge is -2.19. The van der Waals surface area contributed by atoms with Crippen LogP contribution in [0.15, 0.2) is 72.8 Å². The Morgan fingerprint density at radius 1 is 0.921 bits per heavy atom. The van der Waals surface area contributed by atoms with Gasteiger partial charge in [0.25, 0.3) is 0 Å². The highest BCUT2D eigenvalue weighted by molar-refractivity contribution is 5.96. The molecule has 0 bridgehead atoms. The van der Waals surface area contributed by atoms with Crippen molar-refractivity contribution in [2.45, 2.75) is 57.9 Å². The van der Waals surface area contributed by atoms with Crippen LogP contribution in [0, 0.1) is 0 Å². The molecule has 1 atom stereocenters. The van der Waals surface area contributed by atoms with E-state index in [2.05, 4.69) is 67.8 Å². The molecular formula is C32H37N3O3. The van der Waals surface area contributed by atoms with Crippen LogP contribution in [0.3, 0.4) is 0 Å². The van der Waals surface area contributed by atoms with Gasteiger partial charge in [-0.3, -0.25) is 4.79 Å². The zero-order chi connectivity index (χ0) is 26.7. The number of aryl methyl sites for hydroxylation is 1. The number of methoxy groups -OCH3 is 1. The summed E-state index contributed by atoms with van der Waals surface area (Å²) in [5.74, 6) is 2.87. The molecule has 6 nitrogen and oxygen atoms in total. The number of aromatic nitrogens is 2. The smallest absolute Gasteiger partial charge is 0.227 e. The van der Waals surface area contributed by atoms with Crippen molar-refractivity contribution in [2.24, 2.45) is 0 Å². The number of anilines is 1. The summed E-state index contributed by atoms with van der Waals surface area (Å²) in [6.45, 7) is 8.79. The second-order valence-electron chi connectivity index (χ2n) is 11.0. The molecule has 38 heavy (non-hydrogen) atoms. The molecule has 2 heterocycles. The van der Waals surface area contributed by atoms with Crippen LogP contribution in [0.1, 0.15) is 57.3 Å². The summed E-state index contributed by atoms with van der Waals surface area (Å²) in [5, 5.41) is 0. The summed E-state index contributed by atoms with van der Waals surface area (Å²) < 4.78 is 13.6. The van der Waals surface area contributed by atoms with Gasteiger partial charge in [-0.25, -0.2) is 4.98 Å². The van der Waals surface area contributed by atoms with Crippen molar-refractivity contribution in [1.82, 2.24) is 9.55 Å². The van der Waals surface area contributed by atoms with Crippen LogP contribution in [0.2, 0.25) is 0 Å². The lowest BCUT2D eigenvalue weighted by Crippen LogP contribution is -2.24. The highest BCUT2D eigenvalue weighted by atomic mass is 16.5. The Morgan fingerprint density at radius 3 is 2.34 bits per heavy atom. The first-order valence-electron chi connectivity index (χ1n) is 13.5. The van der Waals surface area contributed by atoms with Crippen molar-refractivity contribution in [3.8, 4) is 11.5 Å². The van der Waals surface area contributed by atoms with E-state index >= 15 is 0 Å². The number of hydrogen-bond donors (Lipinski definition) is 0. The number of fused-ring (bicyclic) bond motifs is 1. The zero-order valence-electron chi connectivity index (χ0n) is 22.8. The number of ether oxygens (including phenoxy) is 2. The van der Waals surface area contributed by atoms with Gasteiger partial charge in [0.05, 0.1) is 24.8 Å². The van der Waals surface area contributed by atoms with E-state index in [1.807, 2.05) is 35.2 Å². The molecule has 1 aromatic heterocycles. The monoisotopic (exact) mass is 511 g/mol. The quantitative estimate of drug-likeness (QED) is 0.234. The minimum Gasteiger partial charge on any atom is -0.497 e. The van der Waals surface area contributed by atoms with E-state index in [0.717, 1.165) is 53.4 Å². The molecule has 0 N–H and O–H groups in total. The van der Waals surface area contributed by atoms with E-state index in [0.29, 0.717) is 19.6 Å². The van der Waals surface area contributed by atoms with Gasteiger partial charge in [-0.1, -0.05) is 45.0 Å². The molecule has 0 spiro atoms. The normalized spacial score (nSPS) is 15.8. The predicted molar refractivity (Wildman–Crippen MR) is 152 cm³/mol. The van der Waals surface area contributed by atoms with Gasteiger partial charge in [0.1, 0.15) is 17.3 Å². The molecule has 1 aliphatic rings. The Kier molecular flexibility index (Phi) is 7.41. The maximum atomic E-state index is 13.0. The maximum absolute atomic E-state index is 13.0. The number of rotatable bonds is 9. The fraction of sp³-hybridized carbons (Fsp3) is 0.375. The predicted octanol–water partition coefficient (Wildman–Crippen LogP) is 6.72. The lowest BCUT2D eigenvalue weighted by molar-refractivity contribution is -0.117. The third kappa shape index (κ3) is 5.54. The van der Waals surface area contributed by atoms with Crippen molar-refractivity contribution in [3.05, 3.63) is 84.2 Å². The lowest BCUT2D eigenvalue weighted by atomic mass is 9.87. The van der Waals surface area contributed by atoms with Crippen molar-refractivity contribution in [2.75, 3.05) is 25.2 Å². The van der Waals surface area contributed by atoms with E-state index < -0.39 is 0 Å². The summed E-state index contributed by atoms with van der Waals surface area (Å²) in [4.78, 5) is 19.8. The molecule has 1 unspecified atom stereocenters. The summed E-state index contributed by atoms with van der Waals surface area (Å²) in [5.41, 5.74) is 4.44. The third-order valence-electron chi connectivity index (χ3n) is 7.32. The molecule has 3 aromatic carbocycles. The number of para-hydroxylation sites is 2. The minimum atomic E-state index is 0.0505. The number of carbonyl (C=O) groups excluding carboxylic acids is 1. The second-order valence-corrected chi connectivity index (χ2v) is 11.0. The molecule has 0 radical (unpaired) electrons. The Bertz CT molecular complexity index is 1380. The highest BCUT2D eigenvalue weighted by Gasteiger charge is 2.34. The van der Waals surface area contributed by atoms with Gasteiger partial charge in [0.2, 0.25) is 5.91 Å². The van der Waals surface area contributed by atoms with Crippen LogP contribution >= 0.6 is 0 Å². The van der Waals surface area contributed by atoms with Gasteiger partial charge in [0.15, 0.2) is 0 Å². The largest absolute Gasteiger partial charge is 0.497 e. The molecule has 6 heteroatoms. The van der Waals surface area contributed by atoms with E-state index in [9.17, 15) is 4.79 Å². The van der Waals surface area contributed by atoms with Gasteiger partial charge in [-0.15, -0.1) is 0 Å². The number of benzene rings is 3. The molecule has 5 rings (SSSR count). The van der Waals surface area contributed by atoms with Crippen LogP contribution in [-0.2, 0) is 16.8 Å². The molecule has 1 fully saturated rings. The first-order chi connectivity index (χ1) is 18.3. The van der Waals surface area contributed by atoms with Gasteiger partial charge in [-0.2, -0.15) is 0 Å². The fourth-order valence-corrected chi connectivity index (χ4v) is 5.15. The molecule has 0 aliphatic carbocycles. The van der Waals surface area contributed by atoms with Crippen molar-refractivity contribution in [1.29, 1.82) is 0 Å². The van der Waals surface area contributed by atoms with Crippen molar-refractivity contribution < 1.29 is 14.3 Å². The molecule has 198 valence electrons. The molecule has 1 amide bonds. The van der Waals surface area contributed by atoms with Gasteiger partial charge in [-0.05, 0) is 72.4 Å². The number of carbonyl (C=O) groups is 1. The zero-order valence-corrected chi connectivity index (χ0v) is 22.8. The Morgan fingerprint density at radius 2 is 1.63 bits per heavy atom. The van der Waals surface area contributed by atoms with Crippen LogP contribution in [0.4, 0.5) is 5.69 Å². The van der Waals surface area contributed by atoms with Crippen molar-refractivity contribution in [3.63, 3.8) is 0 Å². The average molecular weight is 512 g/mol. The SMILES string of the molecule is COc1ccc(N2CC(c3nc4ccccc4n3CCCCOc3ccc(C(C)(C)C)cc3)CC2=O)cc1. The van der Waals surface area contributed by atoms with Crippen molar-refractivity contribution >= 4 is 22.6 Å². The fourth-order valence-electron chi connectivity index (χ4n) is 5.15. The van der Waals surface area contributed by atoms with Crippen LogP contribution in [0.5, 0.6) is 11.5 Å². The van der Waals surface area contributed by atoms with Crippen LogP contribution in [-0.4, -0.2) is 35.7 Å². The van der Waals surface area contributed by atoms with Crippen LogP contribution in [0.25, 0.3) is 11.0 Å². The minimum absolute atomic E-state index is 0.0505. The first kappa shape index (κ1) is 25.8. The topological polar surface area (TPSA) is 56.6 Å². The Hall–Kier alpha value is -3.80. The average Bonchev–Trinajstić information content (AvgIpc) is 3.48. The molecule has 4 aromatic rings. The van der Waals surface area contributed by atoms with E-state index in [-0.39, 0.29) is 17.2 Å². The van der Waals surface area contributed by atoms with Gasteiger partial charge < -0.3 is 18.9 Å². The summed E-state index contributed by atoms with van der Waals surface area (Å²) >= 11 is 0. The van der Waals surface area contributed by atoms with E-state index in [1.165, 1.54) is 5.56 Å². The Labute approximate surface area is 225 Å². The third-order valence-corrected chi connectivity index (χ3v) is 7.32. The molecule has 0 saturated carbocycles. The van der Waals surface area contributed by atoms with Crippen LogP contribution < -0.4 is 14.4 Å². The molecular weight excluding hydrogens is 474 g/mol. The summed E-state index contributed by atoms with van der Waals surface area (Å²) in [6.07, 6.45) is 2.37.